The maximum absolute atomic E-state index is 11.5. The van der Waals surface area contributed by atoms with Crippen molar-refractivity contribution in [3.05, 3.63) is 29.8 Å². The van der Waals surface area contributed by atoms with E-state index in [1.54, 1.807) is 25.3 Å². The number of methoxy groups -OCH3 is 1. The van der Waals surface area contributed by atoms with Crippen LogP contribution in [0.15, 0.2) is 24.3 Å². The number of unbranched alkanes of at least 4 members (excludes halogenated alkanes) is 1. The van der Waals surface area contributed by atoms with Crippen molar-refractivity contribution >= 4 is 5.91 Å². The molecule has 1 amide bonds. The molecule has 0 aliphatic carbocycles. The Labute approximate surface area is 102 Å². The smallest absolute Gasteiger partial charge is 0.224 e. The zero-order valence-electron chi connectivity index (χ0n) is 10.1. The van der Waals surface area contributed by atoms with E-state index in [0.717, 1.165) is 25.0 Å². The number of aromatic hydroxyl groups is 1. The maximum atomic E-state index is 11.5. The second kappa shape index (κ2) is 7.68. The molecule has 0 saturated carbocycles. The van der Waals surface area contributed by atoms with E-state index in [1.807, 2.05) is 6.07 Å². The van der Waals surface area contributed by atoms with Crippen LogP contribution in [-0.4, -0.2) is 31.3 Å². The summed E-state index contributed by atoms with van der Waals surface area (Å²) in [6.45, 7) is 1.39. The van der Waals surface area contributed by atoms with E-state index in [0.29, 0.717) is 13.0 Å². The third kappa shape index (κ3) is 5.92. The Morgan fingerprint density at radius 3 is 2.94 bits per heavy atom. The predicted molar refractivity (Wildman–Crippen MR) is 65.9 cm³/mol. The summed E-state index contributed by atoms with van der Waals surface area (Å²) >= 11 is 0. The Hall–Kier alpha value is -1.55. The van der Waals surface area contributed by atoms with Gasteiger partial charge in [0, 0.05) is 20.3 Å². The van der Waals surface area contributed by atoms with Crippen LogP contribution < -0.4 is 5.32 Å². The average molecular weight is 237 g/mol. The van der Waals surface area contributed by atoms with E-state index < -0.39 is 0 Å². The van der Waals surface area contributed by atoms with Crippen LogP contribution in [0.5, 0.6) is 5.75 Å². The fourth-order valence-electron chi connectivity index (χ4n) is 1.51. The highest BCUT2D eigenvalue weighted by Crippen LogP contribution is 2.11. The lowest BCUT2D eigenvalue weighted by molar-refractivity contribution is -0.120. The van der Waals surface area contributed by atoms with E-state index in [4.69, 9.17) is 4.74 Å². The minimum absolute atomic E-state index is 0.0204. The van der Waals surface area contributed by atoms with Gasteiger partial charge in [-0.05, 0) is 30.5 Å². The number of amides is 1. The molecule has 0 aliphatic rings. The minimum atomic E-state index is -0.0204. The quantitative estimate of drug-likeness (QED) is 0.706. The Kier molecular flexibility index (Phi) is 6.10. The third-order valence-electron chi connectivity index (χ3n) is 2.37. The molecule has 2 N–H and O–H groups in total. The van der Waals surface area contributed by atoms with Crippen molar-refractivity contribution in [1.82, 2.24) is 5.32 Å². The van der Waals surface area contributed by atoms with Crippen molar-refractivity contribution in [2.24, 2.45) is 0 Å². The first kappa shape index (κ1) is 13.5. The number of carbonyl (C=O) groups excluding carboxylic acids is 1. The molecule has 0 unspecified atom stereocenters. The van der Waals surface area contributed by atoms with E-state index in [-0.39, 0.29) is 11.7 Å². The van der Waals surface area contributed by atoms with Gasteiger partial charge in [-0.3, -0.25) is 4.79 Å². The molecule has 0 radical (unpaired) electrons. The molecular weight excluding hydrogens is 218 g/mol. The summed E-state index contributed by atoms with van der Waals surface area (Å²) in [5, 5.41) is 12.1. The fraction of sp³-hybridized carbons (Fsp3) is 0.462. The zero-order valence-corrected chi connectivity index (χ0v) is 10.1. The SMILES string of the molecule is COCCCCNC(=O)Cc1cccc(O)c1. The number of phenolic OH excluding ortho intramolecular Hbond substituents is 1. The Morgan fingerprint density at radius 2 is 2.24 bits per heavy atom. The van der Waals surface area contributed by atoms with Gasteiger partial charge in [0.25, 0.3) is 0 Å². The molecule has 0 fully saturated rings. The molecule has 0 aliphatic heterocycles. The first-order valence-corrected chi connectivity index (χ1v) is 5.76. The lowest BCUT2D eigenvalue weighted by Gasteiger charge is -2.05. The zero-order chi connectivity index (χ0) is 12.5. The number of ether oxygens (including phenoxy) is 1. The summed E-state index contributed by atoms with van der Waals surface area (Å²) in [6.07, 6.45) is 2.17. The molecule has 0 heterocycles. The molecule has 0 bridgehead atoms. The van der Waals surface area contributed by atoms with Crippen molar-refractivity contribution < 1.29 is 14.6 Å². The monoisotopic (exact) mass is 237 g/mol. The molecular formula is C13H19NO3. The number of nitrogens with one attached hydrogen (secondary N) is 1. The molecule has 1 aromatic carbocycles. The van der Waals surface area contributed by atoms with Gasteiger partial charge in [0.05, 0.1) is 6.42 Å². The molecule has 1 aromatic rings. The summed E-state index contributed by atoms with van der Waals surface area (Å²) in [4.78, 5) is 11.5. The van der Waals surface area contributed by atoms with Gasteiger partial charge < -0.3 is 15.2 Å². The normalized spacial score (nSPS) is 10.2. The third-order valence-corrected chi connectivity index (χ3v) is 2.37. The topological polar surface area (TPSA) is 58.6 Å². The Morgan fingerprint density at radius 1 is 1.41 bits per heavy atom. The summed E-state index contributed by atoms with van der Waals surface area (Å²) in [6, 6.07) is 6.75. The number of hydrogen-bond acceptors (Lipinski definition) is 3. The first-order chi connectivity index (χ1) is 8.22. The standard InChI is InChI=1S/C13H19NO3/c1-17-8-3-2-7-14-13(16)10-11-5-4-6-12(15)9-11/h4-6,9,15H,2-3,7-8,10H2,1H3,(H,14,16). The number of phenols is 1. The summed E-state index contributed by atoms with van der Waals surface area (Å²) in [7, 11) is 1.67. The second-order valence-corrected chi connectivity index (χ2v) is 3.90. The summed E-state index contributed by atoms with van der Waals surface area (Å²) < 4.78 is 4.92. The summed E-state index contributed by atoms with van der Waals surface area (Å²) in [5.74, 6) is 0.170. The van der Waals surface area contributed by atoms with Crippen molar-refractivity contribution in [3.63, 3.8) is 0 Å². The van der Waals surface area contributed by atoms with Gasteiger partial charge in [0.1, 0.15) is 5.75 Å². The highest BCUT2D eigenvalue weighted by Gasteiger charge is 2.03. The largest absolute Gasteiger partial charge is 0.508 e. The molecule has 17 heavy (non-hydrogen) atoms. The van der Waals surface area contributed by atoms with Crippen molar-refractivity contribution in [1.29, 1.82) is 0 Å². The lowest BCUT2D eigenvalue weighted by Crippen LogP contribution is -2.26. The van der Waals surface area contributed by atoms with Gasteiger partial charge in [-0.15, -0.1) is 0 Å². The molecule has 1 rings (SSSR count). The number of hydrogen-bond donors (Lipinski definition) is 2. The van der Waals surface area contributed by atoms with Crippen LogP contribution in [0.25, 0.3) is 0 Å². The summed E-state index contributed by atoms with van der Waals surface area (Å²) in [5.41, 5.74) is 0.819. The predicted octanol–water partition coefficient (Wildman–Crippen LogP) is 1.48. The van der Waals surface area contributed by atoms with E-state index >= 15 is 0 Å². The molecule has 0 aromatic heterocycles. The number of rotatable bonds is 7. The average Bonchev–Trinajstić information content (AvgIpc) is 2.29. The van der Waals surface area contributed by atoms with Crippen LogP contribution in [0.3, 0.4) is 0 Å². The maximum Gasteiger partial charge on any atom is 0.224 e. The van der Waals surface area contributed by atoms with Crippen LogP contribution in [0.1, 0.15) is 18.4 Å². The van der Waals surface area contributed by atoms with E-state index in [2.05, 4.69) is 5.32 Å². The highest BCUT2D eigenvalue weighted by atomic mass is 16.5. The van der Waals surface area contributed by atoms with Gasteiger partial charge in [0.2, 0.25) is 5.91 Å². The second-order valence-electron chi connectivity index (χ2n) is 3.90. The van der Waals surface area contributed by atoms with Gasteiger partial charge in [-0.1, -0.05) is 12.1 Å². The minimum Gasteiger partial charge on any atom is -0.508 e. The first-order valence-electron chi connectivity index (χ1n) is 5.76. The van der Waals surface area contributed by atoms with Crippen molar-refractivity contribution in [2.75, 3.05) is 20.3 Å². The van der Waals surface area contributed by atoms with Gasteiger partial charge >= 0.3 is 0 Å². The molecule has 4 heteroatoms. The highest BCUT2D eigenvalue weighted by molar-refractivity contribution is 5.78. The van der Waals surface area contributed by atoms with Gasteiger partial charge in [0.15, 0.2) is 0 Å². The molecule has 0 atom stereocenters. The molecule has 0 spiro atoms. The van der Waals surface area contributed by atoms with Crippen LogP contribution in [0.2, 0.25) is 0 Å². The van der Waals surface area contributed by atoms with Crippen LogP contribution in [0, 0.1) is 0 Å². The van der Waals surface area contributed by atoms with Crippen LogP contribution >= 0.6 is 0 Å². The molecule has 0 saturated heterocycles. The van der Waals surface area contributed by atoms with Crippen molar-refractivity contribution in [2.45, 2.75) is 19.3 Å². The Bertz CT molecular complexity index is 352. The molecule has 94 valence electrons. The van der Waals surface area contributed by atoms with Gasteiger partial charge in [-0.2, -0.15) is 0 Å². The number of carbonyl (C=O) groups is 1. The number of benzene rings is 1. The van der Waals surface area contributed by atoms with E-state index in [9.17, 15) is 9.90 Å². The van der Waals surface area contributed by atoms with Crippen LogP contribution in [0.4, 0.5) is 0 Å². The van der Waals surface area contributed by atoms with E-state index in [1.165, 1.54) is 0 Å². The molecule has 4 nitrogen and oxygen atoms in total. The Balaban J connectivity index is 2.21. The fourth-order valence-corrected chi connectivity index (χ4v) is 1.51. The van der Waals surface area contributed by atoms with Gasteiger partial charge in [-0.25, -0.2) is 0 Å². The van der Waals surface area contributed by atoms with Crippen molar-refractivity contribution in [3.8, 4) is 5.75 Å². The van der Waals surface area contributed by atoms with Crippen LogP contribution in [-0.2, 0) is 16.0 Å². The lowest BCUT2D eigenvalue weighted by atomic mass is 10.1.